The monoisotopic (exact) mass is 292 g/mol. The maximum absolute atomic E-state index is 11.9. The van der Waals surface area contributed by atoms with E-state index in [0.29, 0.717) is 12.2 Å². The van der Waals surface area contributed by atoms with E-state index in [1.165, 1.54) is 0 Å². The summed E-state index contributed by atoms with van der Waals surface area (Å²) in [5.74, 6) is -0.638. The van der Waals surface area contributed by atoms with Crippen LogP contribution >= 0.6 is 0 Å². The van der Waals surface area contributed by atoms with Crippen LogP contribution < -0.4 is 5.32 Å². The number of carboxylic acids is 1. The molecule has 0 radical (unpaired) electrons. The highest BCUT2D eigenvalue weighted by Crippen LogP contribution is 2.18. The zero-order valence-corrected chi connectivity index (χ0v) is 11.9. The molecule has 0 spiro atoms. The summed E-state index contributed by atoms with van der Waals surface area (Å²) < 4.78 is 11.0. The van der Waals surface area contributed by atoms with Crippen molar-refractivity contribution in [3.63, 3.8) is 0 Å². The number of aliphatic carboxylic acids is 1. The fourth-order valence-electron chi connectivity index (χ4n) is 1.98. The number of rotatable bonds is 5. The predicted octanol–water partition coefficient (Wildman–Crippen LogP) is -0.627. The first-order valence-electron chi connectivity index (χ1n) is 6.09. The quantitative estimate of drug-likeness (QED) is 0.625. The summed E-state index contributed by atoms with van der Waals surface area (Å²) in [7, 11) is -0.922. The maximum Gasteiger partial charge on any atom is 0.326 e. The summed E-state index contributed by atoms with van der Waals surface area (Å²) in [5.41, 5.74) is 0. The molecule has 3 N–H and O–H groups in total. The van der Waals surface area contributed by atoms with Gasteiger partial charge in [0.15, 0.2) is 0 Å². The first-order valence-corrected chi connectivity index (χ1v) is 7.82. The summed E-state index contributed by atoms with van der Waals surface area (Å²) in [5, 5.41) is 21.1. The van der Waals surface area contributed by atoms with Gasteiger partial charge < -0.3 is 20.4 Å². The molecule has 2 amide bonds. The molecule has 110 valence electrons. The molecular weight excluding hydrogens is 272 g/mol. The van der Waals surface area contributed by atoms with E-state index in [1.54, 1.807) is 13.2 Å². The minimum Gasteiger partial charge on any atom is -0.480 e. The summed E-state index contributed by atoms with van der Waals surface area (Å²) in [6, 6.07) is -1.68. The number of urea groups is 1. The number of likely N-dealkylation sites (tertiary alicyclic amines) is 1. The van der Waals surface area contributed by atoms with Crippen LogP contribution in [0.1, 0.15) is 19.8 Å². The number of nitrogens with zero attached hydrogens (tertiary/aromatic N) is 1. The van der Waals surface area contributed by atoms with Crippen molar-refractivity contribution < 1.29 is 24.0 Å². The van der Waals surface area contributed by atoms with E-state index >= 15 is 0 Å². The fourth-order valence-corrected chi connectivity index (χ4v) is 2.67. The highest BCUT2D eigenvalue weighted by molar-refractivity contribution is 7.84. The van der Waals surface area contributed by atoms with Crippen LogP contribution in [0.5, 0.6) is 0 Å². The standard InChI is InChI=1S/C11H20N2O5S/c1-7(3-4-19(2)18)12-11(17)13-6-8(14)5-9(13)10(15)16/h7-9,14H,3-6H2,1-2H3,(H,12,17)(H,15,16)/t7?,8-,9+,19?/m1/s1. The Morgan fingerprint density at radius 2 is 2.16 bits per heavy atom. The van der Waals surface area contributed by atoms with Gasteiger partial charge in [-0.15, -0.1) is 0 Å². The second kappa shape index (κ2) is 6.85. The molecule has 0 aromatic carbocycles. The van der Waals surface area contributed by atoms with E-state index in [-0.39, 0.29) is 19.0 Å². The van der Waals surface area contributed by atoms with Gasteiger partial charge in [0.25, 0.3) is 0 Å². The Kier molecular flexibility index (Phi) is 5.74. The zero-order chi connectivity index (χ0) is 14.6. The zero-order valence-electron chi connectivity index (χ0n) is 11.0. The van der Waals surface area contributed by atoms with Crippen molar-refractivity contribution in [3.8, 4) is 0 Å². The Morgan fingerprint density at radius 1 is 1.53 bits per heavy atom. The topological polar surface area (TPSA) is 107 Å². The van der Waals surface area contributed by atoms with E-state index in [0.717, 1.165) is 4.90 Å². The molecule has 0 saturated carbocycles. The molecule has 1 fully saturated rings. The van der Waals surface area contributed by atoms with E-state index in [2.05, 4.69) is 5.32 Å². The summed E-state index contributed by atoms with van der Waals surface area (Å²) in [6.07, 6.45) is 1.40. The van der Waals surface area contributed by atoms with Gasteiger partial charge in [-0.3, -0.25) is 4.21 Å². The van der Waals surface area contributed by atoms with E-state index in [1.807, 2.05) is 0 Å². The Hall–Kier alpha value is -1.15. The van der Waals surface area contributed by atoms with Gasteiger partial charge >= 0.3 is 12.0 Å². The minimum absolute atomic E-state index is 0.0230. The lowest BCUT2D eigenvalue weighted by atomic mass is 10.2. The van der Waals surface area contributed by atoms with E-state index in [4.69, 9.17) is 5.11 Å². The number of aliphatic hydroxyl groups is 1. The van der Waals surface area contributed by atoms with Gasteiger partial charge in [-0.05, 0) is 13.3 Å². The highest BCUT2D eigenvalue weighted by Gasteiger charge is 2.39. The van der Waals surface area contributed by atoms with Gasteiger partial charge in [-0.2, -0.15) is 0 Å². The third kappa shape index (κ3) is 4.79. The first kappa shape index (κ1) is 15.9. The van der Waals surface area contributed by atoms with Crippen molar-refractivity contribution in [2.75, 3.05) is 18.6 Å². The molecule has 1 aliphatic rings. The molecule has 1 rings (SSSR count). The molecule has 1 heterocycles. The van der Waals surface area contributed by atoms with Crippen LogP contribution in [0.2, 0.25) is 0 Å². The third-order valence-corrected chi connectivity index (χ3v) is 3.84. The number of carbonyl (C=O) groups excluding carboxylic acids is 1. The maximum atomic E-state index is 11.9. The van der Waals surface area contributed by atoms with Crippen LogP contribution in [-0.4, -0.2) is 68.1 Å². The van der Waals surface area contributed by atoms with Crippen molar-refractivity contribution >= 4 is 22.8 Å². The van der Waals surface area contributed by atoms with Crippen molar-refractivity contribution in [2.24, 2.45) is 0 Å². The smallest absolute Gasteiger partial charge is 0.326 e. The lowest BCUT2D eigenvalue weighted by Gasteiger charge is -2.24. The number of hydrogen-bond acceptors (Lipinski definition) is 4. The number of amides is 2. The average molecular weight is 292 g/mol. The summed E-state index contributed by atoms with van der Waals surface area (Å²) >= 11 is 0. The molecule has 1 aliphatic heterocycles. The lowest BCUT2D eigenvalue weighted by molar-refractivity contribution is -0.141. The molecule has 8 heteroatoms. The third-order valence-electron chi connectivity index (χ3n) is 3.03. The van der Waals surface area contributed by atoms with Crippen LogP contribution in [0.15, 0.2) is 0 Å². The normalized spacial score (nSPS) is 25.9. The number of aliphatic hydroxyl groups excluding tert-OH is 1. The average Bonchev–Trinajstić information content (AvgIpc) is 2.69. The second-order valence-corrected chi connectivity index (χ2v) is 6.37. The second-order valence-electron chi connectivity index (χ2n) is 4.81. The fraction of sp³-hybridized carbons (Fsp3) is 0.818. The van der Waals surface area contributed by atoms with Crippen LogP contribution in [0.4, 0.5) is 4.79 Å². The number of carbonyl (C=O) groups is 2. The van der Waals surface area contributed by atoms with Crippen molar-refractivity contribution in [3.05, 3.63) is 0 Å². The van der Waals surface area contributed by atoms with E-state index < -0.39 is 34.9 Å². The number of β-amino-alcohol motifs (C(OH)–C–C–N with tert-alkyl or cyclic N) is 1. The Morgan fingerprint density at radius 3 is 2.68 bits per heavy atom. The van der Waals surface area contributed by atoms with Gasteiger partial charge in [0.2, 0.25) is 0 Å². The molecule has 0 aromatic heterocycles. The van der Waals surface area contributed by atoms with Gasteiger partial charge in [0, 0.05) is 41.8 Å². The molecule has 7 nitrogen and oxygen atoms in total. The van der Waals surface area contributed by atoms with Crippen molar-refractivity contribution in [1.29, 1.82) is 0 Å². The van der Waals surface area contributed by atoms with Crippen molar-refractivity contribution in [1.82, 2.24) is 10.2 Å². The Bertz CT molecular complexity index is 376. The highest BCUT2D eigenvalue weighted by atomic mass is 32.2. The van der Waals surface area contributed by atoms with Crippen LogP contribution in [0, 0.1) is 0 Å². The van der Waals surface area contributed by atoms with Crippen molar-refractivity contribution in [2.45, 2.75) is 38.0 Å². The Balaban J connectivity index is 2.52. The minimum atomic E-state index is -1.12. The van der Waals surface area contributed by atoms with Gasteiger partial charge in [-0.25, -0.2) is 9.59 Å². The molecule has 19 heavy (non-hydrogen) atoms. The van der Waals surface area contributed by atoms with Crippen LogP contribution in [-0.2, 0) is 15.6 Å². The summed E-state index contributed by atoms with van der Waals surface area (Å²) in [6.45, 7) is 1.79. The molecule has 0 bridgehead atoms. The van der Waals surface area contributed by atoms with Crippen LogP contribution in [0.3, 0.4) is 0 Å². The molecular formula is C11H20N2O5S. The van der Waals surface area contributed by atoms with Crippen LogP contribution in [0.25, 0.3) is 0 Å². The molecule has 1 saturated heterocycles. The van der Waals surface area contributed by atoms with Gasteiger partial charge in [0.1, 0.15) is 6.04 Å². The van der Waals surface area contributed by atoms with Gasteiger partial charge in [0.05, 0.1) is 6.10 Å². The Labute approximate surface area is 114 Å². The number of nitrogens with one attached hydrogen (secondary N) is 1. The lowest BCUT2D eigenvalue weighted by Crippen LogP contribution is -2.48. The predicted molar refractivity (Wildman–Crippen MR) is 70.3 cm³/mol. The summed E-state index contributed by atoms with van der Waals surface area (Å²) in [4.78, 5) is 24.0. The van der Waals surface area contributed by atoms with E-state index in [9.17, 15) is 18.9 Å². The molecule has 4 atom stereocenters. The van der Waals surface area contributed by atoms with Gasteiger partial charge in [-0.1, -0.05) is 0 Å². The number of hydrogen-bond donors (Lipinski definition) is 3. The number of carboxylic acid groups (broad SMARTS) is 1. The largest absolute Gasteiger partial charge is 0.480 e. The molecule has 0 aromatic rings. The molecule has 2 unspecified atom stereocenters. The molecule has 0 aliphatic carbocycles. The SMILES string of the molecule is CC(CCS(C)=O)NC(=O)N1C[C@H](O)C[C@H]1C(=O)O. The first-order chi connectivity index (χ1) is 8.81.